The number of piperidine rings is 1. The molecule has 1 N–H and O–H groups in total. The predicted molar refractivity (Wildman–Crippen MR) is 92.8 cm³/mol. The molecule has 3 heterocycles. The Balaban J connectivity index is 1.66. The summed E-state index contributed by atoms with van der Waals surface area (Å²) in [5, 5.41) is 2.92. The lowest BCUT2D eigenvalue weighted by atomic mass is 9.92. The van der Waals surface area contributed by atoms with E-state index in [9.17, 15) is 9.59 Å². The van der Waals surface area contributed by atoms with E-state index >= 15 is 0 Å². The van der Waals surface area contributed by atoms with E-state index in [0.717, 1.165) is 37.3 Å². The van der Waals surface area contributed by atoms with Crippen molar-refractivity contribution in [1.82, 2.24) is 24.8 Å². The van der Waals surface area contributed by atoms with Gasteiger partial charge in [-0.3, -0.25) is 19.6 Å². The maximum atomic E-state index is 12.3. The number of aromatic nitrogens is 3. The molecule has 132 valence electrons. The van der Waals surface area contributed by atoms with Gasteiger partial charge < -0.3 is 14.8 Å². The average molecular weight is 341 g/mol. The third-order valence-corrected chi connectivity index (χ3v) is 4.73. The molecule has 0 aromatic carbocycles. The highest BCUT2D eigenvalue weighted by atomic mass is 16.2. The minimum atomic E-state index is -0.129. The van der Waals surface area contributed by atoms with Crippen molar-refractivity contribution in [3.05, 3.63) is 47.8 Å². The molecular formula is C18H23N5O2. The molecule has 2 amide bonds. The minimum absolute atomic E-state index is 0.118. The summed E-state index contributed by atoms with van der Waals surface area (Å²) < 4.78 is 1.78. The van der Waals surface area contributed by atoms with Crippen LogP contribution in [0.1, 0.15) is 47.6 Å². The number of carbonyl (C=O) groups excluding carboxylic acids is 2. The fourth-order valence-corrected chi connectivity index (χ4v) is 3.27. The van der Waals surface area contributed by atoms with Crippen LogP contribution < -0.4 is 5.32 Å². The van der Waals surface area contributed by atoms with Gasteiger partial charge in [0.15, 0.2) is 0 Å². The minimum Gasteiger partial charge on any atom is -0.347 e. The number of hydrogen-bond acceptors (Lipinski definition) is 4. The molecule has 1 aliphatic rings. The largest absolute Gasteiger partial charge is 0.347 e. The van der Waals surface area contributed by atoms with Crippen LogP contribution in [0.2, 0.25) is 0 Å². The number of carbonyl (C=O) groups is 2. The van der Waals surface area contributed by atoms with Crippen molar-refractivity contribution in [3.63, 3.8) is 0 Å². The first-order valence-corrected chi connectivity index (χ1v) is 8.51. The molecule has 0 radical (unpaired) electrons. The van der Waals surface area contributed by atoms with E-state index in [2.05, 4.69) is 15.3 Å². The van der Waals surface area contributed by atoms with Crippen molar-refractivity contribution < 1.29 is 9.59 Å². The van der Waals surface area contributed by atoms with Gasteiger partial charge in [0.25, 0.3) is 5.91 Å². The summed E-state index contributed by atoms with van der Waals surface area (Å²) in [6.45, 7) is 3.44. The molecule has 3 rings (SSSR count). The molecule has 0 spiro atoms. The van der Waals surface area contributed by atoms with Gasteiger partial charge in [-0.1, -0.05) is 0 Å². The van der Waals surface area contributed by atoms with Crippen LogP contribution in [-0.4, -0.2) is 44.3 Å². The molecule has 0 saturated carbocycles. The molecule has 1 aliphatic heterocycles. The van der Waals surface area contributed by atoms with Gasteiger partial charge in [0, 0.05) is 51.6 Å². The third-order valence-electron chi connectivity index (χ3n) is 4.73. The smallest absolute Gasteiger partial charge is 0.268 e. The molecule has 7 heteroatoms. The van der Waals surface area contributed by atoms with Gasteiger partial charge in [0.05, 0.1) is 17.9 Å². The van der Waals surface area contributed by atoms with Crippen LogP contribution in [0.5, 0.6) is 0 Å². The zero-order chi connectivity index (χ0) is 17.8. The Morgan fingerprint density at radius 1 is 1.24 bits per heavy atom. The zero-order valence-corrected chi connectivity index (χ0v) is 14.6. The van der Waals surface area contributed by atoms with Crippen LogP contribution in [0.4, 0.5) is 0 Å². The first-order chi connectivity index (χ1) is 12.1. The van der Waals surface area contributed by atoms with Gasteiger partial charge in [-0.2, -0.15) is 0 Å². The molecule has 2 aromatic rings. The Bertz CT molecular complexity index is 762. The molecule has 7 nitrogen and oxygen atoms in total. The van der Waals surface area contributed by atoms with E-state index in [1.54, 1.807) is 30.0 Å². The van der Waals surface area contributed by atoms with Crippen LogP contribution in [0, 0.1) is 0 Å². The maximum absolute atomic E-state index is 12.3. The Hall–Kier alpha value is -2.70. The molecule has 0 atom stereocenters. The number of rotatable bonds is 4. The second-order valence-electron chi connectivity index (χ2n) is 6.36. The molecule has 0 aliphatic carbocycles. The van der Waals surface area contributed by atoms with Gasteiger partial charge >= 0.3 is 0 Å². The lowest BCUT2D eigenvalue weighted by Gasteiger charge is -2.31. The zero-order valence-electron chi connectivity index (χ0n) is 14.6. The molecule has 0 unspecified atom stereocenters. The predicted octanol–water partition coefficient (Wildman–Crippen LogP) is 1.47. The van der Waals surface area contributed by atoms with E-state index in [1.807, 2.05) is 24.2 Å². The lowest BCUT2D eigenvalue weighted by molar-refractivity contribution is -0.129. The van der Waals surface area contributed by atoms with Crippen molar-refractivity contribution in [2.75, 3.05) is 13.1 Å². The molecule has 1 saturated heterocycles. The second-order valence-corrected chi connectivity index (χ2v) is 6.36. The van der Waals surface area contributed by atoms with Crippen LogP contribution >= 0.6 is 0 Å². The van der Waals surface area contributed by atoms with E-state index < -0.39 is 0 Å². The van der Waals surface area contributed by atoms with Crippen molar-refractivity contribution in [2.45, 2.75) is 32.2 Å². The van der Waals surface area contributed by atoms with Crippen LogP contribution in [-0.2, 0) is 18.4 Å². The Morgan fingerprint density at radius 2 is 1.96 bits per heavy atom. The maximum Gasteiger partial charge on any atom is 0.268 e. The van der Waals surface area contributed by atoms with Crippen molar-refractivity contribution >= 4 is 11.8 Å². The Labute approximate surface area is 147 Å². The molecule has 2 aromatic heterocycles. The fourth-order valence-electron chi connectivity index (χ4n) is 3.27. The van der Waals surface area contributed by atoms with Crippen molar-refractivity contribution in [2.24, 2.45) is 7.05 Å². The summed E-state index contributed by atoms with van der Waals surface area (Å²) in [6.07, 6.45) is 6.92. The van der Waals surface area contributed by atoms with Crippen LogP contribution in [0.25, 0.3) is 0 Å². The van der Waals surface area contributed by atoms with Gasteiger partial charge in [-0.05, 0) is 25.0 Å². The van der Waals surface area contributed by atoms with Gasteiger partial charge in [-0.15, -0.1) is 0 Å². The van der Waals surface area contributed by atoms with E-state index in [0.29, 0.717) is 12.2 Å². The van der Waals surface area contributed by atoms with E-state index in [4.69, 9.17) is 0 Å². The summed E-state index contributed by atoms with van der Waals surface area (Å²) in [4.78, 5) is 34.5. The van der Waals surface area contributed by atoms with Gasteiger partial charge in [0.2, 0.25) is 5.91 Å². The SMILES string of the molecule is CC(=O)N1CCC(c2nccnc2CNC(=O)c2cccn2C)CC1. The number of nitrogens with zero attached hydrogens (tertiary/aromatic N) is 4. The lowest BCUT2D eigenvalue weighted by Crippen LogP contribution is -2.37. The fraction of sp³-hybridized carbons (Fsp3) is 0.444. The van der Waals surface area contributed by atoms with E-state index in [1.165, 1.54) is 0 Å². The average Bonchev–Trinajstić information content (AvgIpc) is 3.06. The highest BCUT2D eigenvalue weighted by Crippen LogP contribution is 2.28. The second kappa shape index (κ2) is 7.46. The van der Waals surface area contributed by atoms with Gasteiger partial charge in [-0.25, -0.2) is 0 Å². The highest BCUT2D eigenvalue weighted by Gasteiger charge is 2.25. The highest BCUT2D eigenvalue weighted by molar-refractivity contribution is 5.92. The molecule has 0 bridgehead atoms. The molecule has 1 fully saturated rings. The number of hydrogen-bond donors (Lipinski definition) is 1. The summed E-state index contributed by atoms with van der Waals surface area (Å²) >= 11 is 0. The first kappa shape index (κ1) is 17.1. The Kier molecular flexibility index (Phi) is 5.11. The standard InChI is InChI=1S/C18H23N5O2/c1-13(24)23-10-5-14(6-11-23)17-15(19-7-8-20-17)12-21-18(25)16-4-3-9-22(16)2/h3-4,7-9,14H,5-6,10-12H2,1-2H3,(H,21,25). The number of aryl methyl sites for hydroxylation is 1. The van der Waals surface area contributed by atoms with Crippen molar-refractivity contribution in [1.29, 1.82) is 0 Å². The van der Waals surface area contributed by atoms with Crippen molar-refractivity contribution in [3.8, 4) is 0 Å². The summed E-state index contributed by atoms with van der Waals surface area (Å²) in [6, 6.07) is 3.62. The quantitative estimate of drug-likeness (QED) is 0.913. The summed E-state index contributed by atoms with van der Waals surface area (Å²) in [7, 11) is 1.84. The first-order valence-electron chi connectivity index (χ1n) is 8.51. The third kappa shape index (κ3) is 3.87. The van der Waals surface area contributed by atoms with Crippen LogP contribution in [0.15, 0.2) is 30.7 Å². The summed E-state index contributed by atoms with van der Waals surface area (Å²) in [5.41, 5.74) is 2.34. The molecular weight excluding hydrogens is 318 g/mol. The summed E-state index contributed by atoms with van der Waals surface area (Å²) in [5.74, 6) is 0.259. The number of likely N-dealkylation sites (tertiary alicyclic amines) is 1. The Morgan fingerprint density at radius 3 is 2.60 bits per heavy atom. The van der Waals surface area contributed by atoms with Crippen LogP contribution in [0.3, 0.4) is 0 Å². The van der Waals surface area contributed by atoms with E-state index in [-0.39, 0.29) is 17.7 Å². The number of amides is 2. The monoisotopic (exact) mass is 341 g/mol. The van der Waals surface area contributed by atoms with Gasteiger partial charge in [0.1, 0.15) is 5.69 Å². The molecule has 25 heavy (non-hydrogen) atoms. The number of nitrogens with one attached hydrogen (secondary N) is 1. The normalized spacial score (nSPS) is 15.2. The topological polar surface area (TPSA) is 80.1 Å².